The number of benzene rings is 3. The first-order valence-corrected chi connectivity index (χ1v) is 9.17. The standard InChI is InChI=1S/C22H15ClN4O/c1-28-15-12-10-14(11-13-15)21-26-20-22(25-18-8-4-3-7-17(18)24-20)27(21)19-9-5-2-6-16(19)23/h2-13H,1H3. The molecule has 0 atom stereocenters. The van der Waals surface area contributed by atoms with Gasteiger partial charge in [-0.25, -0.2) is 15.0 Å². The van der Waals surface area contributed by atoms with E-state index in [4.69, 9.17) is 31.3 Å². The van der Waals surface area contributed by atoms with Crippen molar-refractivity contribution in [1.29, 1.82) is 0 Å². The highest BCUT2D eigenvalue weighted by Gasteiger charge is 2.19. The summed E-state index contributed by atoms with van der Waals surface area (Å²) in [5.74, 6) is 1.51. The molecule has 5 aromatic rings. The smallest absolute Gasteiger partial charge is 0.199 e. The molecule has 2 heterocycles. The maximum absolute atomic E-state index is 6.52. The lowest BCUT2D eigenvalue weighted by Gasteiger charge is -2.11. The van der Waals surface area contributed by atoms with Gasteiger partial charge in [0.2, 0.25) is 0 Å². The van der Waals surface area contributed by atoms with Crippen molar-refractivity contribution in [2.45, 2.75) is 0 Å². The second-order valence-corrected chi connectivity index (χ2v) is 6.72. The van der Waals surface area contributed by atoms with Gasteiger partial charge in [-0.1, -0.05) is 35.9 Å². The zero-order chi connectivity index (χ0) is 19.1. The minimum absolute atomic E-state index is 0.574. The lowest BCUT2D eigenvalue weighted by atomic mass is 10.2. The summed E-state index contributed by atoms with van der Waals surface area (Å²) in [4.78, 5) is 14.3. The van der Waals surface area contributed by atoms with Crippen LogP contribution >= 0.6 is 11.6 Å². The minimum Gasteiger partial charge on any atom is -0.497 e. The summed E-state index contributed by atoms with van der Waals surface area (Å²) in [7, 11) is 1.65. The third kappa shape index (κ3) is 2.68. The molecular weight excluding hydrogens is 372 g/mol. The number of hydrogen-bond acceptors (Lipinski definition) is 4. The van der Waals surface area contributed by atoms with E-state index in [0.717, 1.165) is 33.9 Å². The normalized spacial score (nSPS) is 11.2. The molecule has 136 valence electrons. The Hall–Kier alpha value is -3.44. The largest absolute Gasteiger partial charge is 0.497 e. The maximum atomic E-state index is 6.52. The van der Waals surface area contributed by atoms with Gasteiger partial charge in [0.1, 0.15) is 11.6 Å². The highest BCUT2D eigenvalue weighted by atomic mass is 35.5. The average Bonchev–Trinajstić information content (AvgIpc) is 3.10. The fourth-order valence-electron chi connectivity index (χ4n) is 3.25. The quantitative estimate of drug-likeness (QED) is 0.422. The highest BCUT2D eigenvalue weighted by molar-refractivity contribution is 6.32. The Balaban J connectivity index is 1.86. The fraction of sp³-hybridized carbons (Fsp3) is 0.0455. The second-order valence-electron chi connectivity index (χ2n) is 6.31. The molecule has 0 unspecified atom stereocenters. The third-order valence-electron chi connectivity index (χ3n) is 4.61. The fourth-order valence-corrected chi connectivity index (χ4v) is 3.47. The lowest BCUT2D eigenvalue weighted by molar-refractivity contribution is 0.415. The van der Waals surface area contributed by atoms with Crippen molar-refractivity contribution in [2.24, 2.45) is 0 Å². The molecule has 5 rings (SSSR count). The first-order chi connectivity index (χ1) is 13.7. The number of methoxy groups -OCH3 is 1. The molecule has 0 aliphatic carbocycles. The van der Waals surface area contributed by atoms with Gasteiger partial charge in [0.05, 0.1) is 28.9 Å². The number of halogens is 1. The number of nitrogens with zero attached hydrogens (tertiary/aromatic N) is 4. The maximum Gasteiger partial charge on any atom is 0.199 e. The molecule has 0 radical (unpaired) electrons. The molecule has 5 nitrogen and oxygen atoms in total. The van der Waals surface area contributed by atoms with Gasteiger partial charge in [0.15, 0.2) is 11.3 Å². The topological polar surface area (TPSA) is 52.8 Å². The molecule has 0 aliphatic heterocycles. The predicted molar refractivity (Wildman–Crippen MR) is 111 cm³/mol. The molecular formula is C22H15ClN4O. The Labute approximate surface area is 166 Å². The molecule has 0 aliphatic rings. The summed E-state index contributed by atoms with van der Waals surface area (Å²) < 4.78 is 7.23. The summed E-state index contributed by atoms with van der Waals surface area (Å²) >= 11 is 6.52. The van der Waals surface area contributed by atoms with Gasteiger partial charge in [-0.3, -0.25) is 4.57 Å². The van der Waals surface area contributed by atoms with E-state index in [0.29, 0.717) is 16.3 Å². The van der Waals surface area contributed by atoms with E-state index in [2.05, 4.69) is 0 Å². The summed E-state index contributed by atoms with van der Waals surface area (Å²) in [6.07, 6.45) is 0. The number of para-hydroxylation sites is 3. The van der Waals surface area contributed by atoms with Crippen molar-refractivity contribution in [3.05, 3.63) is 77.8 Å². The van der Waals surface area contributed by atoms with Crippen LogP contribution in [-0.4, -0.2) is 26.6 Å². The van der Waals surface area contributed by atoms with E-state index < -0.39 is 0 Å². The zero-order valence-electron chi connectivity index (χ0n) is 15.0. The van der Waals surface area contributed by atoms with Crippen LogP contribution in [0, 0.1) is 0 Å². The lowest BCUT2D eigenvalue weighted by Crippen LogP contribution is -2.00. The van der Waals surface area contributed by atoms with Gasteiger partial charge < -0.3 is 4.74 Å². The van der Waals surface area contributed by atoms with Crippen LogP contribution in [0.4, 0.5) is 0 Å². The average molecular weight is 387 g/mol. The summed E-state index contributed by atoms with van der Waals surface area (Å²) in [5.41, 5.74) is 4.58. The SMILES string of the molecule is COc1ccc(-c2nc3nc4ccccc4nc3n2-c2ccccc2Cl)cc1. The van der Waals surface area contributed by atoms with E-state index in [1.165, 1.54) is 0 Å². The van der Waals surface area contributed by atoms with Gasteiger partial charge in [0, 0.05) is 5.56 Å². The van der Waals surface area contributed by atoms with Gasteiger partial charge in [-0.05, 0) is 48.5 Å². The van der Waals surface area contributed by atoms with E-state index >= 15 is 0 Å². The monoisotopic (exact) mass is 386 g/mol. The van der Waals surface area contributed by atoms with Crippen molar-refractivity contribution in [3.8, 4) is 22.8 Å². The Morgan fingerprint density at radius 2 is 1.46 bits per heavy atom. The summed E-state index contributed by atoms with van der Waals surface area (Å²) in [6.45, 7) is 0. The van der Waals surface area contributed by atoms with Crippen molar-refractivity contribution >= 4 is 33.9 Å². The van der Waals surface area contributed by atoms with Crippen LogP contribution in [0.25, 0.3) is 39.4 Å². The van der Waals surface area contributed by atoms with Gasteiger partial charge in [0.25, 0.3) is 0 Å². The minimum atomic E-state index is 0.574. The molecule has 28 heavy (non-hydrogen) atoms. The number of aromatic nitrogens is 4. The van der Waals surface area contributed by atoms with Crippen LogP contribution in [0.3, 0.4) is 0 Å². The predicted octanol–water partition coefficient (Wildman–Crippen LogP) is 5.30. The van der Waals surface area contributed by atoms with Crippen molar-refractivity contribution in [3.63, 3.8) is 0 Å². The first kappa shape index (κ1) is 16.7. The van der Waals surface area contributed by atoms with Gasteiger partial charge >= 0.3 is 0 Å². The number of hydrogen-bond donors (Lipinski definition) is 0. The highest BCUT2D eigenvalue weighted by Crippen LogP contribution is 2.32. The molecule has 2 aromatic heterocycles. The molecule has 0 bridgehead atoms. The van der Waals surface area contributed by atoms with Crippen molar-refractivity contribution < 1.29 is 4.74 Å². The number of ether oxygens (including phenoxy) is 1. The Morgan fingerprint density at radius 3 is 2.18 bits per heavy atom. The zero-order valence-corrected chi connectivity index (χ0v) is 15.8. The van der Waals surface area contributed by atoms with Crippen LogP contribution in [0.15, 0.2) is 72.8 Å². The van der Waals surface area contributed by atoms with Gasteiger partial charge in [-0.2, -0.15) is 0 Å². The third-order valence-corrected chi connectivity index (χ3v) is 4.93. The number of rotatable bonds is 3. The molecule has 0 amide bonds. The second kappa shape index (κ2) is 6.62. The molecule has 3 aromatic carbocycles. The Kier molecular flexibility index (Phi) is 3.95. The van der Waals surface area contributed by atoms with Crippen LogP contribution in [-0.2, 0) is 0 Å². The van der Waals surface area contributed by atoms with Crippen molar-refractivity contribution in [1.82, 2.24) is 19.5 Å². The summed E-state index contributed by atoms with van der Waals surface area (Å²) in [5, 5.41) is 0.617. The van der Waals surface area contributed by atoms with E-state index in [9.17, 15) is 0 Å². The summed E-state index contributed by atoms with van der Waals surface area (Å²) in [6, 6.07) is 23.2. The number of fused-ring (bicyclic) bond motifs is 2. The Bertz CT molecular complexity index is 1310. The van der Waals surface area contributed by atoms with Crippen LogP contribution in [0.1, 0.15) is 0 Å². The molecule has 6 heteroatoms. The van der Waals surface area contributed by atoms with E-state index in [-0.39, 0.29) is 0 Å². The Morgan fingerprint density at radius 1 is 0.786 bits per heavy atom. The van der Waals surface area contributed by atoms with Crippen LogP contribution in [0.2, 0.25) is 5.02 Å². The molecule has 0 saturated carbocycles. The first-order valence-electron chi connectivity index (χ1n) is 8.79. The van der Waals surface area contributed by atoms with Crippen LogP contribution in [0.5, 0.6) is 5.75 Å². The van der Waals surface area contributed by atoms with Gasteiger partial charge in [-0.15, -0.1) is 0 Å². The number of imidazole rings is 1. The molecule has 0 N–H and O–H groups in total. The van der Waals surface area contributed by atoms with Crippen molar-refractivity contribution in [2.75, 3.05) is 7.11 Å². The van der Waals surface area contributed by atoms with E-state index in [1.807, 2.05) is 77.4 Å². The molecule has 0 spiro atoms. The van der Waals surface area contributed by atoms with Crippen LogP contribution < -0.4 is 4.74 Å². The molecule has 0 saturated heterocycles. The molecule has 0 fully saturated rings. The van der Waals surface area contributed by atoms with E-state index in [1.54, 1.807) is 7.11 Å².